The molecule has 0 aromatic carbocycles. The van der Waals surface area contributed by atoms with Crippen LogP contribution in [0.3, 0.4) is 0 Å². The van der Waals surface area contributed by atoms with Crippen LogP contribution in [0.2, 0.25) is 0 Å². The van der Waals surface area contributed by atoms with Crippen LogP contribution in [0.5, 0.6) is 0 Å². The van der Waals surface area contributed by atoms with Crippen LogP contribution < -0.4 is 5.32 Å². The average molecular weight is 185 g/mol. The summed E-state index contributed by atoms with van der Waals surface area (Å²) >= 11 is 0. The minimum absolute atomic E-state index is 0.00541. The van der Waals surface area contributed by atoms with E-state index in [4.69, 9.17) is 0 Å². The molecule has 0 unspecified atom stereocenters. The molecule has 0 heterocycles. The van der Waals surface area contributed by atoms with E-state index in [1.54, 1.807) is 0 Å². The Morgan fingerprint density at radius 1 is 1.08 bits per heavy atom. The van der Waals surface area contributed by atoms with Crippen LogP contribution in [0.25, 0.3) is 0 Å². The van der Waals surface area contributed by atoms with Gasteiger partial charge in [0.2, 0.25) is 5.91 Å². The fourth-order valence-corrected chi connectivity index (χ4v) is 0.802. The van der Waals surface area contributed by atoms with E-state index in [0.29, 0.717) is 13.0 Å². The Morgan fingerprint density at radius 2 is 1.62 bits per heavy atom. The lowest BCUT2D eigenvalue weighted by atomic mass is 10.1. The highest BCUT2D eigenvalue weighted by atomic mass is 16.2. The Labute approximate surface area is 79.9 Å². The maximum Gasteiger partial charge on any atom is 0.222 e. The molecule has 0 aliphatic heterocycles. The zero-order chi connectivity index (χ0) is 10.4. The number of rotatable bonds is 5. The molecule has 0 aliphatic rings. The molecular formula is C10H19NO2. The number of nitrogens with one attached hydrogen (secondary N) is 1. The van der Waals surface area contributed by atoms with Crippen LogP contribution in [0.15, 0.2) is 0 Å². The molecule has 0 radical (unpaired) electrons. The van der Waals surface area contributed by atoms with Crippen LogP contribution in [0.4, 0.5) is 0 Å². The van der Waals surface area contributed by atoms with E-state index in [0.717, 1.165) is 0 Å². The molecule has 0 bridgehead atoms. The van der Waals surface area contributed by atoms with E-state index < -0.39 is 0 Å². The monoisotopic (exact) mass is 185 g/mol. The summed E-state index contributed by atoms with van der Waals surface area (Å²) in [7, 11) is 0. The van der Waals surface area contributed by atoms with Crippen molar-refractivity contribution in [2.75, 3.05) is 6.54 Å². The van der Waals surface area contributed by atoms with Crippen LogP contribution in [-0.4, -0.2) is 18.2 Å². The van der Waals surface area contributed by atoms with E-state index in [1.807, 2.05) is 27.7 Å². The van der Waals surface area contributed by atoms with Gasteiger partial charge in [-0.3, -0.25) is 9.59 Å². The predicted molar refractivity (Wildman–Crippen MR) is 52.3 cm³/mol. The summed E-state index contributed by atoms with van der Waals surface area (Å²) in [6, 6.07) is 0. The summed E-state index contributed by atoms with van der Waals surface area (Å²) < 4.78 is 0. The second kappa shape index (κ2) is 5.73. The number of ketones is 1. The number of Topliss-reactive ketones (excluding diaryl/α,β-unsaturated/α-hetero) is 1. The summed E-state index contributed by atoms with van der Waals surface area (Å²) in [6.45, 7) is 7.87. The quantitative estimate of drug-likeness (QED) is 0.703. The van der Waals surface area contributed by atoms with Crippen molar-refractivity contribution in [3.8, 4) is 0 Å². The van der Waals surface area contributed by atoms with Crippen molar-refractivity contribution in [2.45, 2.75) is 34.1 Å². The lowest BCUT2D eigenvalue weighted by Gasteiger charge is -2.07. The number of hydrogen-bond donors (Lipinski definition) is 1. The third-order valence-electron chi connectivity index (χ3n) is 1.84. The first-order chi connectivity index (χ1) is 5.95. The molecule has 0 atom stereocenters. The van der Waals surface area contributed by atoms with Crippen molar-refractivity contribution in [1.82, 2.24) is 5.32 Å². The van der Waals surface area contributed by atoms with Gasteiger partial charge in [-0.15, -0.1) is 0 Å². The molecule has 0 aromatic heterocycles. The van der Waals surface area contributed by atoms with Gasteiger partial charge < -0.3 is 5.32 Å². The fraction of sp³-hybridized carbons (Fsp3) is 0.800. The standard InChI is InChI=1S/C10H19NO2/c1-7(2)9(12)5-6-11-10(13)8(3)4/h7-8H,5-6H2,1-4H3,(H,11,13). The molecule has 76 valence electrons. The first-order valence-corrected chi connectivity index (χ1v) is 4.75. The van der Waals surface area contributed by atoms with Crippen molar-refractivity contribution in [1.29, 1.82) is 0 Å². The Morgan fingerprint density at radius 3 is 2.00 bits per heavy atom. The largest absolute Gasteiger partial charge is 0.355 e. The third-order valence-corrected chi connectivity index (χ3v) is 1.84. The molecule has 13 heavy (non-hydrogen) atoms. The molecule has 0 saturated heterocycles. The van der Waals surface area contributed by atoms with Crippen molar-refractivity contribution < 1.29 is 9.59 Å². The highest BCUT2D eigenvalue weighted by Crippen LogP contribution is 1.97. The predicted octanol–water partition coefficient (Wildman–Crippen LogP) is 1.37. The molecule has 0 fully saturated rings. The normalized spacial score (nSPS) is 10.6. The highest BCUT2D eigenvalue weighted by molar-refractivity contribution is 5.82. The summed E-state index contributed by atoms with van der Waals surface area (Å²) in [5.74, 6) is 0.269. The van der Waals surface area contributed by atoms with Gasteiger partial charge in [-0.25, -0.2) is 0 Å². The van der Waals surface area contributed by atoms with Gasteiger partial charge in [0.1, 0.15) is 5.78 Å². The van der Waals surface area contributed by atoms with Crippen molar-refractivity contribution >= 4 is 11.7 Å². The highest BCUT2D eigenvalue weighted by Gasteiger charge is 2.09. The van der Waals surface area contributed by atoms with Crippen LogP contribution in [0, 0.1) is 11.8 Å². The topological polar surface area (TPSA) is 46.2 Å². The second-order valence-electron chi connectivity index (χ2n) is 3.82. The Hall–Kier alpha value is -0.860. The van der Waals surface area contributed by atoms with Gasteiger partial charge in [0, 0.05) is 24.8 Å². The lowest BCUT2D eigenvalue weighted by Crippen LogP contribution is -2.30. The number of amides is 1. The fourth-order valence-electron chi connectivity index (χ4n) is 0.802. The SMILES string of the molecule is CC(C)C(=O)CCNC(=O)C(C)C. The van der Waals surface area contributed by atoms with Crippen molar-refractivity contribution in [3.05, 3.63) is 0 Å². The smallest absolute Gasteiger partial charge is 0.222 e. The summed E-state index contributed by atoms with van der Waals surface area (Å²) in [5.41, 5.74) is 0. The second-order valence-corrected chi connectivity index (χ2v) is 3.82. The molecule has 0 spiro atoms. The molecule has 0 aromatic rings. The van der Waals surface area contributed by atoms with Gasteiger partial charge in [-0.2, -0.15) is 0 Å². The lowest BCUT2D eigenvalue weighted by molar-refractivity contribution is -0.124. The maximum absolute atomic E-state index is 11.1. The van der Waals surface area contributed by atoms with Gasteiger partial charge in [0.25, 0.3) is 0 Å². The first-order valence-electron chi connectivity index (χ1n) is 4.75. The zero-order valence-electron chi connectivity index (χ0n) is 8.89. The van der Waals surface area contributed by atoms with E-state index in [2.05, 4.69) is 5.32 Å². The summed E-state index contributed by atoms with van der Waals surface area (Å²) in [6.07, 6.45) is 0.441. The number of carbonyl (C=O) groups is 2. The zero-order valence-corrected chi connectivity index (χ0v) is 8.89. The Balaban J connectivity index is 3.57. The molecule has 0 saturated carbocycles. The van der Waals surface area contributed by atoms with Crippen LogP contribution in [0.1, 0.15) is 34.1 Å². The average Bonchev–Trinajstić information content (AvgIpc) is 2.03. The van der Waals surface area contributed by atoms with E-state index in [1.165, 1.54) is 0 Å². The Kier molecular flexibility index (Phi) is 5.35. The molecule has 0 rings (SSSR count). The summed E-state index contributed by atoms with van der Waals surface area (Å²) in [5, 5.41) is 2.71. The molecule has 3 heteroatoms. The molecule has 1 amide bonds. The van der Waals surface area contributed by atoms with Crippen LogP contribution >= 0.6 is 0 Å². The van der Waals surface area contributed by atoms with E-state index >= 15 is 0 Å². The molecule has 3 nitrogen and oxygen atoms in total. The Bertz CT molecular complexity index is 165. The van der Waals surface area contributed by atoms with Crippen molar-refractivity contribution in [3.63, 3.8) is 0 Å². The van der Waals surface area contributed by atoms with Crippen LogP contribution in [-0.2, 0) is 9.59 Å². The van der Waals surface area contributed by atoms with Gasteiger partial charge in [-0.1, -0.05) is 27.7 Å². The molecular weight excluding hydrogens is 166 g/mol. The van der Waals surface area contributed by atoms with E-state index in [-0.39, 0.29) is 23.5 Å². The van der Waals surface area contributed by atoms with Gasteiger partial charge in [0.15, 0.2) is 0 Å². The maximum atomic E-state index is 11.1. The summed E-state index contributed by atoms with van der Waals surface area (Å²) in [4.78, 5) is 22.2. The van der Waals surface area contributed by atoms with Crippen molar-refractivity contribution in [2.24, 2.45) is 11.8 Å². The molecule has 1 N–H and O–H groups in total. The minimum atomic E-state index is -0.00541. The molecule has 0 aliphatic carbocycles. The number of carbonyl (C=O) groups excluding carboxylic acids is 2. The number of hydrogen-bond acceptors (Lipinski definition) is 2. The van der Waals surface area contributed by atoms with Gasteiger partial charge in [0.05, 0.1) is 0 Å². The first kappa shape index (κ1) is 12.1. The minimum Gasteiger partial charge on any atom is -0.355 e. The van der Waals surface area contributed by atoms with E-state index in [9.17, 15) is 9.59 Å². The van der Waals surface area contributed by atoms with Gasteiger partial charge in [-0.05, 0) is 0 Å². The third kappa shape index (κ3) is 5.39. The van der Waals surface area contributed by atoms with Gasteiger partial charge >= 0.3 is 0 Å².